The zero-order chi connectivity index (χ0) is 15.5. The molecule has 6 heteroatoms. The van der Waals surface area contributed by atoms with Crippen molar-refractivity contribution in [3.8, 4) is 6.07 Å². The van der Waals surface area contributed by atoms with Crippen LogP contribution in [0.15, 0.2) is 42.5 Å². The largest absolute Gasteiger partial charge is 0.416 e. The van der Waals surface area contributed by atoms with Gasteiger partial charge in [-0.2, -0.15) is 18.4 Å². The first-order valence-corrected chi connectivity index (χ1v) is 6.00. The van der Waals surface area contributed by atoms with E-state index in [-0.39, 0.29) is 12.1 Å². The molecule has 2 aromatic carbocycles. The number of nitrogens with zero attached hydrogens (tertiary/aromatic N) is 1. The normalized spacial score (nSPS) is 11.0. The molecule has 0 aliphatic heterocycles. The summed E-state index contributed by atoms with van der Waals surface area (Å²) in [7, 11) is 0. The lowest BCUT2D eigenvalue weighted by Crippen LogP contribution is -2.06. The molecule has 0 aliphatic carbocycles. The fourth-order valence-corrected chi connectivity index (χ4v) is 1.77. The molecule has 2 aromatic rings. The van der Waals surface area contributed by atoms with Crippen molar-refractivity contribution in [3.63, 3.8) is 0 Å². The lowest BCUT2D eigenvalue weighted by molar-refractivity contribution is -0.137. The van der Waals surface area contributed by atoms with Gasteiger partial charge in [-0.05, 0) is 35.9 Å². The maximum atomic E-state index is 13.0. The predicted octanol–water partition coefficient (Wildman–Crippen LogP) is 4.33. The van der Waals surface area contributed by atoms with Gasteiger partial charge in [0.25, 0.3) is 0 Å². The van der Waals surface area contributed by atoms with Crippen LogP contribution in [-0.2, 0) is 12.7 Å². The van der Waals surface area contributed by atoms with Gasteiger partial charge in [-0.25, -0.2) is 4.39 Å². The first kappa shape index (κ1) is 14.9. The third-order valence-corrected chi connectivity index (χ3v) is 2.87. The molecule has 0 saturated carbocycles. The third kappa shape index (κ3) is 3.72. The Labute approximate surface area is 118 Å². The predicted molar refractivity (Wildman–Crippen MR) is 69.9 cm³/mol. The molecule has 0 saturated heterocycles. The van der Waals surface area contributed by atoms with Gasteiger partial charge >= 0.3 is 6.18 Å². The first-order valence-electron chi connectivity index (χ1n) is 6.00. The van der Waals surface area contributed by atoms with Crippen molar-refractivity contribution in [2.24, 2.45) is 0 Å². The van der Waals surface area contributed by atoms with E-state index >= 15 is 0 Å². The van der Waals surface area contributed by atoms with Gasteiger partial charge in [0.15, 0.2) is 0 Å². The fraction of sp³-hybridized carbons (Fsp3) is 0.133. The zero-order valence-electron chi connectivity index (χ0n) is 10.7. The number of hydrogen-bond donors (Lipinski definition) is 1. The minimum absolute atomic E-state index is 0.141. The van der Waals surface area contributed by atoms with Crippen molar-refractivity contribution in [2.75, 3.05) is 5.32 Å². The second-order valence-corrected chi connectivity index (χ2v) is 4.35. The highest BCUT2D eigenvalue weighted by molar-refractivity contribution is 5.57. The average molecular weight is 294 g/mol. The Morgan fingerprint density at radius 3 is 2.29 bits per heavy atom. The number of benzene rings is 2. The molecule has 0 aromatic heterocycles. The number of hydrogen-bond acceptors (Lipinski definition) is 2. The molecule has 0 fully saturated rings. The standard InChI is InChI=1S/C15H10F4N2/c16-13-5-6-14(11(7-13)8-20)21-9-10-1-3-12(4-2-10)15(17,18)19/h1-7,21H,9H2. The Morgan fingerprint density at radius 2 is 1.71 bits per heavy atom. The molecular formula is C15H10F4N2. The van der Waals surface area contributed by atoms with Crippen molar-refractivity contribution in [1.82, 2.24) is 0 Å². The molecule has 0 atom stereocenters. The van der Waals surface area contributed by atoms with Crippen molar-refractivity contribution < 1.29 is 17.6 Å². The van der Waals surface area contributed by atoms with E-state index in [1.165, 1.54) is 24.3 Å². The Bertz CT molecular complexity index is 670. The van der Waals surface area contributed by atoms with E-state index < -0.39 is 17.6 Å². The Balaban J connectivity index is 2.09. The fourth-order valence-electron chi connectivity index (χ4n) is 1.77. The molecule has 0 unspecified atom stereocenters. The summed E-state index contributed by atoms with van der Waals surface area (Å²) in [6, 6.07) is 10.3. The molecule has 108 valence electrons. The van der Waals surface area contributed by atoms with Crippen LogP contribution in [0, 0.1) is 17.1 Å². The molecule has 0 spiro atoms. The summed E-state index contributed by atoms with van der Waals surface area (Å²) in [5.74, 6) is -0.522. The molecular weight excluding hydrogens is 284 g/mol. The molecule has 0 amide bonds. The van der Waals surface area contributed by atoms with E-state index in [0.717, 1.165) is 18.2 Å². The van der Waals surface area contributed by atoms with Gasteiger partial charge in [-0.15, -0.1) is 0 Å². The second kappa shape index (κ2) is 5.83. The maximum Gasteiger partial charge on any atom is 0.416 e. The van der Waals surface area contributed by atoms with E-state index in [1.807, 2.05) is 6.07 Å². The quantitative estimate of drug-likeness (QED) is 0.855. The van der Waals surface area contributed by atoms with Crippen LogP contribution >= 0.6 is 0 Å². The molecule has 21 heavy (non-hydrogen) atoms. The van der Waals surface area contributed by atoms with Crippen molar-refractivity contribution in [1.29, 1.82) is 5.26 Å². The highest BCUT2D eigenvalue weighted by Crippen LogP contribution is 2.29. The monoisotopic (exact) mass is 294 g/mol. The van der Waals surface area contributed by atoms with Crippen LogP contribution in [-0.4, -0.2) is 0 Å². The van der Waals surface area contributed by atoms with Gasteiger partial charge in [0, 0.05) is 6.54 Å². The van der Waals surface area contributed by atoms with Crippen LogP contribution in [0.1, 0.15) is 16.7 Å². The van der Waals surface area contributed by atoms with Crippen LogP contribution < -0.4 is 5.32 Å². The molecule has 0 aliphatic rings. The molecule has 0 radical (unpaired) electrons. The molecule has 2 nitrogen and oxygen atoms in total. The molecule has 0 bridgehead atoms. The lowest BCUT2D eigenvalue weighted by Gasteiger charge is -2.10. The van der Waals surface area contributed by atoms with Gasteiger partial charge in [-0.1, -0.05) is 12.1 Å². The van der Waals surface area contributed by atoms with Crippen LogP contribution in [0.5, 0.6) is 0 Å². The number of halogens is 4. The number of rotatable bonds is 3. The topological polar surface area (TPSA) is 35.8 Å². The minimum Gasteiger partial charge on any atom is -0.380 e. The highest BCUT2D eigenvalue weighted by Gasteiger charge is 2.29. The molecule has 0 heterocycles. The summed E-state index contributed by atoms with van der Waals surface area (Å²) in [6.45, 7) is 0.235. The van der Waals surface area contributed by atoms with Crippen LogP contribution in [0.25, 0.3) is 0 Å². The summed E-state index contributed by atoms with van der Waals surface area (Å²) < 4.78 is 50.2. The van der Waals surface area contributed by atoms with Crippen LogP contribution in [0.4, 0.5) is 23.2 Å². The highest BCUT2D eigenvalue weighted by atomic mass is 19.4. The SMILES string of the molecule is N#Cc1cc(F)ccc1NCc1ccc(C(F)(F)F)cc1. The van der Waals surface area contributed by atoms with E-state index in [9.17, 15) is 17.6 Å². The summed E-state index contributed by atoms with van der Waals surface area (Å²) in [6.07, 6.45) is -4.36. The lowest BCUT2D eigenvalue weighted by atomic mass is 10.1. The van der Waals surface area contributed by atoms with Crippen molar-refractivity contribution >= 4 is 5.69 Å². The zero-order valence-corrected chi connectivity index (χ0v) is 10.7. The van der Waals surface area contributed by atoms with Crippen LogP contribution in [0.2, 0.25) is 0 Å². The number of nitrogens with one attached hydrogen (secondary N) is 1. The Hall–Kier alpha value is -2.55. The van der Waals surface area contributed by atoms with Gasteiger partial charge in [0.2, 0.25) is 0 Å². The molecule has 2 rings (SSSR count). The Morgan fingerprint density at radius 1 is 1.05 bits per heavy atom. The number of anilines is 1. The summed E-state index contributed by atoms with van der Waals surface area (Å²) in [5.41, 5.74) is 0.475. The first-order chi connectivity index (χ1) is 9.90. The minimum atomic E-state index is -4.36. The van der Waals surface area contributed by atoms with E-state index in [4.69, 9.17) is 5.26 Å². The third-order valence-electron chi connectivity index (χ3n) is 2.87. The summed E-state index contributed by atoms with van der Waals surface area (Å²) in [4.78, 5) is 0. The smallest absolute Gasteiger partial charge is 0.380 e. The summed E-state index contributed by atoms with van der Waals surface area (Å²) in [5, 5.41) is 11.8. The number of nitriles is 1. The maximum absolute atomic E-state index is 13.0. The Kier molecular flexibility index (Phi) is 4.13. The number of alkyl halides is 3. The second-order valence-electron chi connectivity index (χ2n) is 4.35. The van der Waals surface area contributed by atoms with Gasteiger partial charge in [0.05, 0.1) is 16.8 Å². The van der Waals surface area contributed by atoms with E-state index in [1.54, 1.807) is 0 Å². The van der Waals surface area contributed by atoms with Gasteiger partial charge in [0.1, 0.15) is 11.9 Å². The van der Waals surface area contributed by atoms with Crippen molar-refractivity contribution in [3.05, 3.63) is 65.0 Å². The van der Waals surface area contributed by atoms with E-state index in [2.05, 4.69) is 5.32 Å². The van der Waals surface area contributed by atoms with Crippen LogP contribution in [0.3, 0.4) is 0 Å². The summed E-state index contributed by atoms with van der Waals surface area (Å²) >= 11 is 0. The molecule has 1 N–H and O–H groups in total. The van der Waals surface area contributed by atoms with Crippen molar-refractivity contribution in [2.45, 2.75) is 12.7 Å². The van der Waals surface area contributed by atoms with Gasteiger partial charge < -0.3 is 5.32 Å². The average Bonchev–Trinajstić information content (AvgIpc) is 2.45. The van der Waals surface area contributed by atoms with E-state index in [0.29, 0.717) is 11.3 Å². The van der Waals surface area contributed by atoms with Gasteiger partial charge in [-0.3, -0.25) is 0 Å².